The molecule has 1 aromatic carbocycles. The zero-order valence-electron chi connectivity index (χ0n) is 12.3. The van der Waals surface area contributed by atoms with Gasteiger partial charge in [-0.1, -0.05) is 26.0 Å². The summed E-state index contributed by atoms with van der Waals surface area (Å²) in [5, 5.41) is 14.9. The minimum Gasteiger partial charge on any atom is -0.388 e. The summed E-state index contributed by atoms with van der Waals surface area (Å²) in [6, 6.07) is 5.54. The van der Waals surface area contributed by atoms with Gasteiger partial charge in [0.2, 0.25) is 5.91 Å². The summed E-state index contributed by atoms with van der Waals surface area (Å²) in [7, 11) is 0. The third-order valence-corrected chi connectivity index (χ3v) is 3.46. The van der Waals surface area contributed by atoms with Crippen molar-refractivity contribution in [3.05, 3.63) is 35.6 Å². The van der Waals surface area contributed by atoms with Crippen molar-refractivity contribution in [2.24, 2.45) is 0 Å². The summed E-state index contributed by atoms with van der Waals surface area (Å²) < 4.78 is 13.4. The van der Waals surface area contributed by atoms with Crippen LogP contribution in [0.4, 0.5) is 4.39 Å². The van der Waals surface area contributed by atoms with Crippen molar-refractivity contribution in [1.82, 2.24) is 10.6 Å². The highest BCUT2D eigenvalue weighted by Crippen LogP contribution is 2.12. The molecule has 116 valence electrons. The van der Waals surface area contributed by atoms with Gasteiger partial charge in [-0.25, -0.2) is 4.39 Å². The topological polar surface area (TPSA) is 78.4 Å². The van der Waals surface area contributed by atoms with Gasteiger partial charge in [0, 0.05) is 6.54 Å². The van der Waals surface area contributed by atoms with Gasteiger partial charge >= 0.3 is 0 Å². The molecule has 0 aromatic heterocycles. The first-order chi connectivity index (χ1) is 9.91. The van der Waals surface area contributed by atoms with E-state index < -0.39 is 23.2 Å². The quantitative estimate of drug-likeness (QED) is 0.708. The molecule has 3 N–H and O–H groups in total. The maximum atomic E-state index is 13.4. The van der Waals surface area contributed by atoms with Gasteiger partial charge in [-0.05, 0) is 25.0 Å². The van der Waals surface area contributed by atoms with Gasteiger partial charge < -0.3 is 15.7 Å². The molecule has 0 spiro atoms. The lowest BCUT2D eigenvalue weighted by atomic mass is 9.98. The highest BCUT2D eigenvalue weighted by atomic mass is 19.1. The third-order valence-electron chi connectivity index (χ3n) is 3.46. The first-order valence-corrected chi connectivity index (χ1v) is 6.93. The zero-order chi connectivity index (χ0) is 15.9. The summed E-state index contributed by atoms with van der Waals surface area (Å²) in [5.41, 5.74) is -1.05. The number of nitrogens with one attached hydrogen (secondary N) is 2. The molecule has 5 nitrogen and oxygen atoms in total. The number of aliphatic hydroxyl groups is 1. The van der Waals surface area contributed by atoms with Gasteiger partial charge in [0.05, 0.1) is 17.7 Å². The molecule has 0 aliphatic carbocycles. The second-order valence-electron chi connectivity index (χ2n) is 4.87. The smallest absolute Gasteiger partial charge is 0.254 e. The number of halogens is 1. The first kappa shape index (κ1) is 17.1. The van der Waals surface area contributed by atoms with Gasteiger partial charge in [-0.2, -0.15) is 0 Å². The van der Waals surface area contributed by atoms with Crippen molar-refractivity contribution in [1.29, 1.82) is 0 Å². The van der Waals surface area contributed by atoms with E-state index in [4.69, 9.17) is 0 Å². The van der Waals surface area contributed by atoms with Crippen LogP contribution in [0.25, 0.3) is 0 Å². The van der Waals surface area contributed by atoms with E-state index in [1.54, 1.807) is 6.07 Å². The SMILES string of the molecule is CCC(O)(CC)CNC(=O)CNC(=O)c1ccccc1F. The Bertz CT molecular complexity index is 501. The molecule has 1 aromatic rings. The van der Waals surface area contributed by atoms with Crippen LogP contribution < -0.4 is 10.6 Å². The molecular weight excluding hydrogens is 275 g/mol. The molecule has 21 heavy (non-hydrogen) atoms. The van der Waals surface area contributed by atoms with Crippen molar-refractivity contribution < 1.29 is 19.1 Å². The van der Waals surface area contributed by atoms with E-state index in [1.165, 1.54) is 18.2 Å². The number of rotatable bonds is 7. The number of hydrogen-bond acceptors (Lipinski definition) is 3. The molecule has 0 unspecified atom stereocenters. The van der Waals surface area contributed by atoms with Crippen LogP contribution >= 0.6 is 0 Å². The largest absolute Gasteiger partial charge is 0.388 e. The lowest BCUT2D eigenvalue weighted by Crippen LogP contribution is -2.45. The lowest BCUT2D eigenvalue weighted by molar-refractivity contribution is -0.121. The molecule has 0 aliphatic rings. The van der Waals surface area contributed by atoms with Gasteiger partial charge in [-0.3, -0.25) is 9.59 Å². The van der Waals surface area contributed by atoms with Crippen molar-refractivity contribution in [2.75, 3.05) is 13.1 Å². The Morgan fingerprint density at radius 3 is 2.38 bits per heavy atom. The Balaban J connectivity index is 2.43. The molecule has 1 rings (SSSR count). The Morgan fingerprint density at radius 2 is 1.81 bits per heavy atom. The van der Waals surface area contributed by atoms with Crippen LogP contribution in [0.1, 0.15) is 37.0 Å². The molecular formula is C15H21FN2O3. The van der Waals surface area contributed by atoms with Crippen LogP contribution in [0.3, 0.4) is 0 Å². The Kier molecular flexibility index (Phi) is 6.30. The Labute approximate surface area is 123 Å². The fourth-order valence-electron chi connectivity index (χ4n) is 1.73. The summed E-state index contributed by atoms with van der Waals surface area (Å²) >= 11 is 0. The standard InChI is InChI=1S/C15H21FN2O3/c1-3-15(21,4-2)10-18-13(19)9-17-14(20)11-7-5-6-8-12(11)16/h5-8,21H,3-4,9-10H2,1-2H3,(H,17,20)(H,18,19). The molecule has 2 amide bonds. The predicted octanol–water partition coefficient (Wildman–Crippen LogP) is 1.22. The van der Waals surface area contributed by atoms with Gasteiger partial charge in [0.1, 0.15) is 5.82 Å². The van der Waals surface area contributed by atoms with E-state index in [1.807, 2.05) is 13.8 Å². The molecule has 0 saturated carbocycles. The van der Waals surface area contributed by atoms with E-state index in [2.05, 4.69) is 10.6 Å². The second-order valence-corrected chi connectivity index (χ2v) is 4.87. The van der Waals surface area contributed by atoms with Crippen LogP contribution in [-0.2, 0) is 4.79 Å². The number of benzene rings is 1. The van der Waals surface area contributed by atoms with Crippen LogP contribution in [0, 0.1) is 5.82 Å². The fraction of sp³-hybridized carbons (Fsp3) is 0.467. The normalized spacial score (nSPS) is 11.0. The zero-order valence-corrected chi connectivity index (χ0v) is 12.3. The maximum absolute atomic E-state index is 13.4. The van der Waals surface area contributed by atoms with Gasteiger partial charge in [0.15, 0.2) is 0 Å². The Morgan fingerprint density at radius 1 is 1.19 bits per heavy atom. The molecule has 6 heteroatoms. The molecule has 0 atom stereocenters. The van der Waals surface area contributed by atoms with Crippen molar-refractivity contribution in [2.45, 2.75) is 32.3 Å². The molecule has 0 heterocycles. The molecule has 0 fully saturated rings. The minimum absolute atomic E-state index is 0.107. The van der Waals surface area contributed by atoms with E-state index in [-0.39, 0.29) is 18.7 Å². The second kappa shape index (κ2) is 7.73. The molecule has 0 radical (unpaired) electrons. The van der Waals surface area contributed by atoms with Gasteiger partial charge in [0.25, 0.3) is 5.91 Å². The predicted molar refractivity (Wildman–Crippen MR) is 77.3 cm³/mol. The summed E-state index contributed by atoms with van der Waals surface area (Å²) in [6.07, 6.45) is 1.04. The number of hydrogen-bond donors (Lipinski definition) is 3. The highest BCUT2D eigenvalue weighted by Gasteiger charge is 2.22. The van der Waals surface area contributed by atoms with E-state index in [0.29, 0.717) is 12.8 Å². The third kappa shape index (κ3) is 5.15. The van der Waals surface area contributed by atoms with Crippen LogP contribution in [-0.4, -0.2) is 35.6 Å². The van der Waals surface area contributed by atoms with E-state index in [9.17, 15) is 19.1 Å². The lowest BCUT2D eigenvalue weighted by Gasteiger charge is -2.25. The summed E-state index contributed by atoms with van der Waals surface area (Å²) in [5.74, 6) is -1.72. The summed E-state index contributed by atoms with van der Waals surface area (Å²) in [6.45, 7) is 3.51. The first-order valence-electron chi connectivity index (χ1n) is 6.93. The van der Waals surface area contributed by atoms with Crippen molar-refractivity contribution in [3.8, 4) is 0 Å². The monoisotopic (exact) mass is 296 g/mol. The van der Waals surface area contributed by atoms with E-state index in [0.717, 1.165) is 0 Å². The minimum atomic E-state index is -0.939. The number of carbonyl (C=O) groups excluding carboxylic acids is 2. The van der Waals surface area contributed by atoms with Gasteiger partial charge in [-0.15, -0.1) is 0 Å². The van der Waals surface area contributed by atoms with Crippen LogP contribution in [0.15, 0.2) is 24.3 Å². The average Bonchev–Trinajstić information content (AvgIpc) is 2.50. The molecule has 0 aliphatic heterocycles. The van der Waals surface area contributed by atoms with Crippen molar-refractivity contribution >= 4 is 11.8 Å². The van der Waals surface area contributed by atoms with Crippen LogP contribution in [0.5, 0.6) is 0 Å². The molecule has 0 saturated heterocycles. The maximum Gasteiger partial charge on any atom is 0.254 e. The highest BCUT2D eigenvalue weighted by molar-refractivity contribution is 5.96. The Hall–Kier alpha value is -1.95. The fourth-order valence-corrected chi connectivity index (χ4v) is 1.73. The number of amides is 2. The summed E-state index contributed by atoms with van der Waals surface area (Å²) in [4.78, 5) is 23.3. The average molecular weight is 296 g/mol. The molecule has 0 bridgehead atoms. The van der Waals surface area contributed by atoms with E-state index >= 15 is 0 Å². The van der Waals surface area contributed by atoms with Crippen LogP contribution in [0.2, 0.25) is 0 Å². The number of carbonyl (C=O) groups is 2. The van der Waals surface area contributed by atoms with Crippen molar-refractivity contribution in [3.63, 3.8) is 0 Å².